The number of esters is 3. The number of methoxy groups -OCH3 is 3. The zero-order valence-electron chi connectivity index (χ0n) is 13.2. The molecule has 7 nitrogen and oxygen atoms in total. The van der Waals surface area contributed by atoms with Crippen molar-refractivity contribution < 1.29 is 33.4 Å². The third kappa shape index (κ3) is 4.29. The Morgan fingerprint density at radius 2 is 1.32 bits per heavy atom. The topological polar surface area (TPSA) is 96.0 Å². The van der Waals surface area contributed by atoms with E-state index < -0.39 is 23.3 Å². The minimum atomic E-state index is -1.49. The average Bonchev–Trinajstić information content (AvgIpc) is 3.38. The predicted octanol–water partition coefficient (Wildman–Crippen LogP) is 1.03. The van der Waals surface area contributed by atoms with E-state index >= 15 is 0 Å². The van der Waals surface area contributed by atoms with Crippen LogP contribution in [0.5, 0.6) is 0 Å². The second-order valence-corrected chi connectivity index (χ2v) is 5.36. The number of hydrogen-bond acceptors (Lipinski definition) is 7. The van der Waals surface area contributed by atoms with Gasteiger partial charge in [0.15, 0.2) is 5.78 Å². The Morgan fingerprint density at radius 1 is 0.864 bits per heavy atom. The Labute approximate surface area is 129 Å². The molecule has 0 amide bonds. The summed E-state index contributed by atoms with van der Waals surface area (Å²) < 4.78 is 13.9. The van der Waals surface area contributed by atoms with Gasteiger partial charge < -0.3 is 14.2 Å². The summed E-state index contributed by atoms with van der Waals surface area (Å²) in [7, 11) is 3.66. The van der Waals surface area contributed by atoms with Crippen LogP contribution < -0.4 is 0 Å². The Hall–Kier alpha value is -1.92. The molecule has 124 valence electrons. The fraction of sp³-hybridized carbons (Fsp3) is 0.733. The van der Waals surface area contributed by atoms with Gasteiger partial charge in [0.1, 0.15) is 5.41 Å². The van der Waals surface area contributed by atoms with E-state index in [0.717, 1.165) is 0 Å². The van der Waals surface area contributed by atoms with Gasteiger partial charge in [0.05, 0.1) is 21.3 Å². The first-order valence-electron chi connectivity index (χ1n) is 7.17. The van der Waals surface area contributed by atoms with Crippen molar-refractivity contribution in [1.82, 2.24) is 0 Å². The van der Waals surface area contributed by atoms with Crippen LogP contribution in [0.15, 0.2) is 0 Å². The summed E-state index contributed by atoms with van der Waals surface area (Å²) in [6, 6.07) is 0. The summed E-state index contributed by atoms with van der Waals surface area (Å²) in [4.78, 5) is 47.7. The number of carbonyl (C=O) groups is 4. The van der Waals surface area contributed by atoms with Crippen LogP contribution in [-0.4, -0.2) is 45.0 Å². The number of rotatable bonds is 9. The van der Waals surface area contributed by atoms with Gasteiger partial charge >= 0.3 is 17.9 Å². The standard InChI is InChI=1S/C15H22O7/c1-20-11(16)6-8-15(14(19)22-3,9-7-12(17)21-2)13(18)10-4-5-10/h10H,4-9H2,1-3H3. The fourth-order valence-corrected chi connectivity index (χ4v) is 2.44. The SMILES string of the molecule is COC(=O)CCC(CCC(=O)OC)(C(=O)OC)C(=O)C1CC1. The van der Waals surface area contributed by atoms with Gasteiger partial charge in [-0.05, 0) is 25.7 Å². The highest BCUT2D eigenvalue weighted by molar-refractivity contribution is 6.06. The Kier molecular flexibility index (Phi) is 6.52. The summed E-state index contributed by atoms with van der Waals surface area (Å²) in [6.07, 6.45) is 1.19. The minimum absolute atomic E-state index is 0.0291. The molecule has 0 unspecified atom stereocenters. The Balaban J connectivity index is 2.99. The van der Waals surface area contributed by atoms with Crippen molar-refractivity contribution >= 4 is 23.7 Å². The smallest absolute Gasteiger partial charge is 0.319 e. The van der Waals surface area contributed by atoms with Crippen molar-refractivity contribution in [1.29, 1.82) is 0 Å². The molecule has 1 rings (SSSR count). The van der Waals surface area contributed by atoms with E-state index in [4.69, 9.17) is 4.74 Å². The first-order valence-corrected chi connectivity index (χ1v) is 7.17. The molecule has 0 heterocycles. The molecule has 0 aromatic carbocycles. The summed E-state index contributed by atoms with van der Waals surface area (Å²) in [5, 5.41) is 0. The zero-order valence-corrected chi connectivity index (χ0v) is 13.2. The third-order valence-electron chi connectivity index (χ3n) is 3.96. The van der Waals surface area contributed by atoms with Crippen molar-refractivity contribution in [3.63, 3.8) is 0 Å². The van der Waals surface area contributed by atoms with Crippen molar-refractivity contribution in [3.05, 3.63) is 0 Å². The maximum atomic E-state index is 12.6. The van der Waals surface area contributed by atoms with Gasteiger partial charge in [0, 0.05) is 18.8 Å². The van der Waals surface area contributed by atoms with E-state index in [1.54, 1.807) is 0 Å². The van der Waals surface area contributed by atoms with E-state index in [2.05, 4.69) is 9.47 Å². The molecule has 0 atom stereocenters. The summed E-state index contributed by atoms with van der Waals surface area (Å²) >= 11 is 0. The number of hydrogen-bond donors (Lipinski definition) is 0. The molecule has 0 aromatic heterocycles. The van der Waals surface area contributed by atoms with Crippen LogP contribution in [0.4, 0.5) is 0 Å². The van der Waals surface area contributed by atoms with Crippen LogP contribution in [0.2, 0.25) is 0 Å². The van der Waals surface area contributed by atoms with E-state index in [0.29, 0.717) is 12.8 Å². The molecule has 1 aliphatic carbocycles. The van der Waals surface area contributed by atoms with Gasteiger partial charge in [-0.1, -0.05) is 0 Å². The molecule has 1 fully saturated rings. The molecule has 22 heavy (non-hydrogen) atoms. The van der Waals surface area contributed by atoms with Crippen molar-refractivity contribution in [2.45, 2.75) is 38.5 Å². The van der Waals surface area contributed by atoms with Crippen LogP contribution >= 0.6 is 0 Å². The minimum Gasteiger partial charge on any atom is -0.469 e. The van der Waals surface area contributed by atoms with Crippen molar-refractivity contribution in [2.75, 3.05) is 21.3 Å². The Bertz CT molecular complexity index is 431. The predicted molar refractivity (Wildman–Crippen MR) is 74.7 cm³/mol. The lowest BCUT2D eigenvalue weighted by atomic mass is 9.73. The molecule has 1 saturated carbocycles. The molecule has 1 aliphatic rings. The number of Topliss-reactive ketones (excluding diaryl/α,β-unsaturated/α-hetero) is 1. The molecule has 0 aliphatic heterocycles. The average molecular weight is 314 g/mol. The lowest BCUT2D eigenvalue weighted by Gasteiger charge is -2.29. The van der Waals surface area contributed by atoms with Crippen LogP contribution in [0.25, 0.3) is 0 Å². The maximum Gasteiger partial charge on any atom is 0.319 e. The van der Waals surface area contributed by atoms with Crippen LogP contribution in [-0.2, 0) is 33.4 Å². The first-order chi connectivity index (χ1) is 10.4. The van der Waals surface area contributed by atoms with Gasteiger partial charge in [-0.2, -0.15) is 0 Å². The van der Waals surface area contributed by atoms with Crippen LogP contribution in [0.3, 0.4) is 0 Å². The first kappa shape index (κ1) is 18.1. The quantitative estimate of drug-likeness (QED) is 0.356. The van der Waals surface area contributed by atoms with Crippen molar-refractivity contribution in [3.8, 4) is 0 Å². The van der Waals surface area contributed by atoms with E-state index in [-0.39, 0.29) is 37.4 Å². The zero-order chi connectivity index (χ0) is 16.8. The van der Waals surface area contributed by atoms with Gasteiger partial charge in [0.25, 0.3) is 0 Å². The molecule has 0 bridgehead atoms. The number of ketones is 1. The largest absolute Gasteiger partial charge is 0.469 e. The highest BCUT2D eigenvalue weighted by Crippen LogP contribution is 2.43. The van der Waals surface area contributed by atoms with Gasteiger partial charge in [-0.25, -0.2) is 0 Å². The second kappa shape index (κ2) is 7.91. The lowest BCUT2D eigenvalue weighted by Crippen LogP contribution is -2.42. The van der Waals surface area contributed by atoms with E-state index in [1.807, 2.05) is 0 Å². The number of carbonyl (C=O) groups excluding carboxylic acids is 4. The summed E-state index contributed by atoms with van der Waals surface area (Å²) in [5.41, 5.74) is -1.49. The monoisotopic (exact) mass is 314 g/mol. The maximum absolute atomic E-state index is 12.6. The molecule has 7 heteroatoms. The third-order valence-corrected chi connectivity index (χ3v) is 3.96. The highest BCUT2D eigenvalue weighted by atomic mass is 16.5. The van der Waals surface area contributed by atoms with Gasteiger partial charge in [-0.3, -0.25) is 19.2 Å². The second-order valence-electron chi connectivity index (χ2n) is 5.36. The number of ether oxygens (including phenoxy) is 3. The highest BCUT2D eigenvalue weighted by Gasteiger charge is 2.51. The van der Waals surface area contributed by atoms with E-state index in [1.165, 1.54) is 21.3 Å². The molecule has 0 aromatic rings. The molecular weight excluding hydrogens is 292 g/mol. The molecular formula is C15H22O7. The van der Waals surface area contributed by atoms with E-state index in [9.17, 15) is 19.2 Å². The van der Waals surface area contributed by atoms with Gasteiger partial charge in [-0.15, -0.1) is 0 Å². The fourth-order valence-electron chi connectivity index (χ4n) is 2.44. The van der Waals surface area contributed by atoms with Crippen LogP contribution in [0.1, 0.15) is 38.5 Å². The van der Waals surface area contributed by atoms with Crippen molar-refractivity contribution in [2.24, 2.45) is 11.3 Å². The van der Waals surface area contributed by atoms with Gasteiger partial charge in [0.2, 0.25) is 0 Å². The molecule has 0 N–H and O–H groups in total. The molecule has 0 radical (unpaired) electrons. The normalized spacial score (nSPS) is 14.1. The van der Waals surface area contributed by atoms with Crippen LogP contribution in [0, 0.1) is 11.3 Å². The lowest BCUT2D eigenvalue weighted by molar-refractivity contribution is -0.161. The summed E-state index contributed by atoms with van der Waals surface area (Å²) in [5.74, 6) is -2.20. The summed E-state index contributed by atoms with van der Waals surface area (Å²) in [6.45, 7) is 0. The molecule has 0 saturated heterocycles. The molecule has 0 spiro atoms. The Morgan fingerprint density at radius 3 is 1.64 bits per heavy atom.